The van der Waals surface area contributed by atoms with E-state index in [4.69, 9.17) is 0 Å². The predicted octanol–water partition coefficient (Wildman–Crippen LogP) is 2.07. The summed E-state index contributed by atoms with van der Waals surface area (Å²) in [7, 11) is 0. The molecule has 6 nitrogen and oxygen atoms in total. The van der Waals surface area contributed by atoms with Gasteiger partial charge >= 0.3 is 6.36 Å². The van der Waals surface area contributed by atoms with Gasteiger partial charge in [-0.2, -0.15) is 0 Å². The van der Waals surface area contributed by atoms with E-state index in [-0.39, 0.29) is 24.1 Å². The van der Waals surface area contributed by atoms with E-state index in [2.05, 4.69) is 10.1 Å². The second-order valence-corrected chi connectivity index (χ2v) is 6.72. The molecule has 3 rings (SSSR count). The number of nitrogens with one attached hydrogen (secondary N) is 1. The van der Waals surface area contributed by atoms with Crippen molar-refractivity contribution in [3.8, 4) is 5.75 Å². The highest BCUT2D eigenvalue weighted by atomic mass is 19.4. The number of alkyl halides is 3. The molecular formula is C18H22F3N3O3. The molecule has 1 aromatic rings. The molecule has 1 atom stereocenters. The van der Waals surface area contributed by atoms with Crippen molar-refractivity contribution in [3.05, 3.63) is 29.8 Å². The summed E-state index contributed by atoms with van der Waals surface area (Å²) < 4.78 is 40.8. The number of ether oxygens (including phenoxy) is 1. The van der Waals surface area contributed by atoms with E-state index in [1.807, 2.05) is 4.90 Å². The minimum absolute atomic E-state index is 0.0218. The number of hydrogen-bond acceptors (Lipinski definition) is 4. The second kappa shape index (κ2) is 8.16. The van der Waals surface area contributed by atoms with Crippen molar-refractivity contribution in [2.75, 3.05) is 32.7 Å². The normalized spacial score (nSPS) is 21.7. The van der Waals surface area contributed by atoms with Crippen molar-refractivity contribution in [1.82, 2.24) is 15.1 Å². The highest BCUT2D eigenvalue weighted by Crippen LogP contribution is 2.28. The Labute approximate surface area is 155 Å². The molecule has 1 N–H and O–H groups in total. The first-order valence-electron chi connectivity index (χ1n) is 8.99. The molecule has 2 amide bonds. The van der Waals surface area contributed by atoms with Crippen molar-refractivity contribution < 1.29 is 27.5 Å². The van der Waals surface area contributed by atoms with E-state index < -0.39 is 12.4 Å². The fourth-order valence-electron chi connectivity index (χ4n) is 3.52. The first-order valence-corrected chi connectivity index (χ1v) is 8.99. The third-order valence-corrected chi connectivity index (χ3v) is 4.79. The van der Waals surface area contributed by atoms with E-state index in [0.29, 0.717) is 18.7 Å². The lowest BCUT2D eigenvalue weighted by molar-refractivity contribution is -0.274. The summed E-state index contributed by atoms with van der Waals surface area (Å²) in [6, 6.07) is 4.49. The van der Waals surface area contributed by atoms with Crippen LogP contribution in [0.25, 0.3) is 0 Å². The average molecular weight is 385 g/mol. The molecule has 2 saturated heterocycles. The Morgan fingerprint density at radius 2 is 1.78 bits per heavy atom. The summed E-state index contributed by atoms with van der Waals surface area (Å²) in [4.78, 5) is 28.5. The number of carbonyl (C=O) groups is 2. The van der Waals surface area contributed by atoms with Gasteiger partial charge in [0.05, 0.1) is 6.54 Å². The third-order valence-electron chi connectivity index (χ3n) is 4.79. The predicted molar refractivity (Wildman–Crippen MR) is 90.9 cm³/mol. The van der Waals surface area contributed by atoms with Crippen LogP contribution in [0.15, 0.2) is 24.3 Å². The number of hydrogen-bond donors (Lipinski definition) is 1. The van der Waals surface area contributed by atoms with E-state index in [9.17, 15) is 22.8 Å². The molecule has 0 radical (unpaired) electrons. The number of piperidine rings is 1. The van der Waals surface area contributed by atoms with Gasteiger partial charge in [-0.1, -0.05) is 12.1 Å². The largest absolute Gasteiger partial charge is 0.573 e. The number of carbonyl (C=O) groups excluding carboxylic acids is 2. The summed E-state index contributed by atoms with van der Waals surface area (Å²) in [5.41, 5.74) is 0.521. The lowest BCUT2D eigenvalue weighted by atomic mass is 10.0. The quantitative estimate of drug-likeness (QED) is 0.862. The molecule has 1 aromatic carbocycles. The van der Waals surface area contributed by atoms with Crippen molar-refractivity contribution in [2.24, 2.45) is 0 Å². The van der Waals surface area contributed by atoms with E-state index in [1.165, 1.54) is 24.3 Å². The Hall–Kier alpha value is -2.29. The number of rotatable bonds is 4. The number of halogens is 3. The molecule has 0 unspecified atom stereocenters. The monoisotopic (exact) mass is 385 g/mol. The van der Waals surface area contributed by atoms with Gasteiger partial charge in [0.1, 0.15) is 11.8 Å². The van der Waals surface area contributed by atoms with Gasteiger partial charge in [0.2, 0.25) is 11.8 Å². The van der Waals surface area contributed by atoms with Gasteiger partial charge in [-0.05, 0) is 37.0 Å². The van der Waals surface area contributed by atoms with Crippen LogP contribution >= 0.6 is 0 Å². The molecule has 0 spiro atoms. The van der Waals surface area contributed by atoms with Crippen LogP contribution in [0, 0.1) is 0 Å². The van der Waals surface area contributed by atoms with Crippen LogP contribution in [0.2, 0.25) is 0 Å². The molecule has 0 aromatic heterocycles. The maximum absolute atomic E-state index is 12.6. The minimum atomic E-state index is -4.77. The highest BCUT2D eigenvalue weighted by Gasteiger charge is 2.34. The summed E-state index contributed by atoms with van der Waals surface area (Å²) in [5.74, 6) is -0.637. The van der Waals surface area contributed by atoms with Gasteiger partial charge in [0, 0.05) is 26.2 Å². The van der Waals surface area contributed by atoms with Crippen LogP contribution in [0.5, 0.6) is 5.75 Å². The van der Waals surface area contributed by atoms with Crippen LogP contribution in [-0.4, -0.2) is 60.7 Å². The maximum Gasteiger partial charge on any atom is 0.573 e. The van der Waals surface area contributed by atoms with Crippen molar-refractivity contribution >= 4 is 11.8 Å². The molecule has 148 valence electrons. The van der Waals surface area contributed by atoms with Gasteiger partial charge in [0.25, 0.3) is 0 Å². The summed E-state index contributed by atoms with van der Waals surface area (Å²) in [6.45, 7) is 2.49. The fraction of sp³-hybridized carbons (Fsp3) is 0.556. The van der Waals surface area contributed by atoms with Crippen LogP contribution < -0.4 is 10.1 Å². The van der Waals surface area contributed by atoms with Gasteiger partial charge in [-0.3, -0.25) is 14.5 Å². The van der Waals surface area contributed by atoms with Crippen LogP contribution in [0.3, 0.4) is 0 Å². The van der Waals surface area contributed by atoms with Crippen LogP contribution in [0.4, 0.5) is 13.2 Å². The summed E-state index contributed by atoms with van der Waals surface area (Å²) in [6.07, 6.45) is -1.69. The molecular weight excluding hydrogens is 363 g/mol. The van der Waals surface area contributed by atoms with E-state index >= 15 is 0 Å². The van der Waals surface area contributed by atoms with Gasteiger partial charge < -0.3 is 15.0 Å². The fourth-order valence-corrected chi connectivity index (χ4v) is 3.52. The topological polar surface area (TPSA) is 61.9 Å². The second-order valence-electron chi connectivity index (χ2n) is 6.72. The zero-order valence-electron chi connectivity index (χ0n) is 14.8. The molecule has 27 heavy (non-hydrogen) atoms. The third kappa shape index (κ3) is 5.12. The van der Waals surface area contributed by atoms with Crippen molar-refractivity contribution in [1.29, 1.82) is 0 Å². The lowest BCUT2D eigenvalue weighted by Gasteiger charge is -2.36. The lowest BCUT2D eigenvalue weighted by Crippen LogP contribution is -2.53. The van der Waals surface area contributed by atoms with Crippen molar-refractivity contribution in [2.45, 2.75) is 31.7 Å². The Morgan fingerprint density at radius 1 is 1.11 bits per heavy atom. The molecule has 2 aliphatic rings. The number of piperazine rings is 1. The smallest absolute Gasteiger partial charge is 0.406 e. The number of amides is 2. The molecule has 0 aliphatic carbocycles. The standard InChI is InChI=1S/C18H22F3N3O3/c19-18(20,21)27-14-6-4-13(5-7-14)16-17(26)22-8-11-24(16)12-15(25)23-9-2-1-3-10-23/h4-7,16H,1-3,8-12H2,(H,22,26)/t16-/m0/s1. The van der Waals surface area contributed by atoms with Gasteiger partial charge in [-0.15, -0.1) is 13.2 Å². The maximum atomic E-state index is 12.6. The Morgan fingerprint density at radius 3 is 2.41 bits per heavy atom. The van der Waals surface area contributed by atoms with Crippen LogP contribution in [0.1, 0.15) is 30.9 Å². The first kappa shape index (κ1) is 19.5. The van der Waals surface area contributed by atoms with E-state index in [1.54, 1.807) is 4.90 Å². The average Bonchev–Trinajstić information content (AvgIpc) is 2.62. The zero-order valence-corrected chi connectivity index (χ0v) is 14.8. The Balaban J connectivity index is 1.72. The molecule has 9 heteroatoms. The molecule has 2 heterocycles. The van der Waals surface area contributed by atoms with E-state index in [0.717, 1.165) is 32.4 Å². The number of likely N-dealkylation sites (tertiary alicyclic amines) is 1. The van der Waals surface area contributed by atoms with Gasteiger partial charge in [0.15, 0.2) is 0 Å². The minimum Gasteiger partial charge on any atom is -0.406 e. The Bertz CT molecular complexity index is 673. The summed E-state index contributed by atoms with van der Waals surface area (Å²) >= 11 is 0. The number of benzene rings is 1. The van der Waals surface area contributed by atoms with Crippen LogP contribution in [-0.2, 0) is 9.59 Å². The SMILES string of the molecule is O=C1NCCN(CC(=O)N2CCCCC2)[C@H]1c1ccc(OC(F)(F)F)cc1. The molecule has 2 aliphatic heterocycles. The first-order chi connectivity index (χ1) is 12.8. The summed E-state index contributed by atoms with van der Waals surface area (Å²) in [5, 5.41) is 2.75. The Kier molecular flexibility index (Phi) is 5.88. The van der Waals surface area contributed by atoms with Crippen molar-refractivity contribution in [3.63, 3.8) is 0 Å². The molecule has 0 bridgehead atoms. The highest BCUT2D eigenvalue weighted by molar-refractivity contribution is 5.85. The van der Waals surface area contributed by atoms with Gasteiger partial charge in [-0.25, -0.2) is 0 Å². The number of nitrogens with zero attached hydrogens (tertiary/aromatic N) is 2. The molecule has 2 fully saturated rings. The molecule has 0 saturated carbocycles. The zero-order chi connectivity index (χ0) is 19.4.